The molecule has 0 aromatic heterocycles. The van der Waals surface area contributed by atoms with E-state index in [1.807, 2.05) is 0 Å². The Morgan fingerprint density at radius 1 is 1.21 bits per heavy atom. The minimum atomic E-state index is -0.0839. The largest absolute Gasteiger partial charge is 0.380 e. The van der Waals surface area contributed by atoms with E-state index in [1.54, 1.807) is 21.3 Å². The molecule has 0 spiro atoms. The zero-order valence-corrected chi connectivity index (χ0v) is 11.2. The van der Waals surface area contributed by atoms with Gasteiger partial charge in [-0.3, -0.25) is 0 Å². The van der Waals surface area contributed by atoms with E-state index in [0.29, 0.717) is 15.9 Å². The quantitative estimate of drug-likeness (QED) is 0.442. The predicted molar refractivity (Wildman–Crippen MR) is 63.8 cm³/mol. The first-order valence-electron chi connectivity index (χ1n) is 4.95. The van der Waals surface area contributed by atoms with Gasteiger partial charge in [0.2, 0.25) is 0 Å². The van der Waals surface area contributed by atoms with Gasteiger partial charge in [-0.25, -0.2) is 0 Å². The maximum atomic E-state index is 5.51. The zero-order chi connectivity index (χ0) is 10.6. The molecule has 0 amide bonds. The average molecular weight is 314 g/mol. The van der Waals surface area contributed by atoms with Crippen LogP contribution >= 0.6 is 22.6 Å². The van der Waals surface area contributed by atoms with Crippen LogP contribution in [-0.4, -0.2) is 37.6 Å². The summed E-state index contributed by atoms with van der Waals surface area (Å²) in [5.74, 6) is 0.576. The molecule has 0 radical (unpaired) electrons. The average Bonchev–Trinajstić information content (AvgIpc) is 2.55. The Hall–Kier alpha value is 0.610. The van der Waals surface area contributed by atoms with Gasteiger partial charge in [0.1, 0.15) is 0 Å². The van der Waals surface area contributed by atoms with Crippen molar-refractivity contribution >= 4 is 22.6 Å². The minimum absolute atomic E-state index is 0.0839. The fourth-order valence-electron chi connectivity index (χ4n) is 2.13. The molecule has 0 bridgehead atoms. The number of rotatable bonds is 5. The summed E-state index contributed by atoms with van der Waals surface area (Å²) in [6.45, 7) is 0. The first-order chi connectivity index (χ1) is 6.72. The highest BCUT2D eigenvalue weighted by molar-refractivity contribution is 14.1. The lowest BCUT2D eigenvalue weighted by Gasteiger charge is -2.23. The van der Waals surface area contributed by atoms with Crippen molar-refractivity contribution < 1.29 is 14.2 Å². The van der Waals surface area contributed by atoms with Crippen LogP contribution in [0.3, 0.4) is 0 Å². The lowest BCUT2D eigenvalue weighted by atomic mass is 10.0. The second kappa shape index (κ2) is 6.25. The number of halogens is 1. The highest BCUT2D eigenvalue weighted by atomic mass is 127. The van der Waals surface area contributed by atoms with Gasteiger partial charge in [-0.1, -0.05) is 22.6 Å². The van der Waals surface area contributed by atoms with Crippen molar-refractivity contribution in [3.63, 3.8) is 0 Å². The number of hydrogen-bond acceptors (Lipinski definition) is 3. The molecule has 1 aliphatic rings. The Morgan fingerprint density at radius 2 is 1.86 bits per heavy atom. The normalized spacial score (nSPS) is 32.8. The van der Waals surface area contributed by atoms with Gasteiger partial charge in [0.05, 0.1) is 6.10 Å². The molecule has 3 atom stereocenters. The van der Waals surface area contributed by atoms with Gasteiger partial charge in [0, 0.05) is 31.7 Å². The van der Waals surface area contributed by atoms with Crippen molar-refractivity contribution in [2.24, 2.45) is 5.92 Å². The molecule has 3 unspecified atom stereocenters. The van der Waals surface area contributed by atoms with Crippen molar-refractivity contribution in [1.29, 1.82) is 0 Å². The van der Waals surface area contributed by atoms with Crippen molar-refractivity contribution in [1.82, 2.24) is 0 Å². The molecule has 1 fully saturated rings. The van der Waals surface area contributed by atoms with Gasteiger partial charge in [-0.2, -0.15) is 0 Å². The number of alkyl halides is 1. The SMILES string of the molecule is COC(CC1CCC(I)C1OC)OC. The molecular formula is C10H19IO3. The van der Waals surface area contributed by atoms with Crippen LogP contribution in [0.1, 0.15) is 19.3 Å². The van der Waals surface area contributed by atoms with Crippen LogP contribution in [0.4, 0.5) is 0 Å². The summed E-state index contributed by atoms with van der Waals surface area (Å²) in [6.07, 6.45) is 3.67. The molecule has 0 aromatic carbocycles. The van der Waals surface area contributed by atoms with Crippen molar-refractivity contribution in [3.05, 3.63) is 0 Å². The number of methoxy groups -OCH3 is 3. The van der Waals surface area contributed by atoms with Gasteiger partial charge in [-0.15, -0.1) is 0 Å². The van der Waals surface area contributed by atoms with Crippen molar-refractivity contribution in [2.45, 2.75) is 35.6 Å². The van der Waals surface area contributed by atoms with Crippen LogP contribution in [-0.2, 0) is 14.2 Å². The standard InChI is InChI=1S/C10H19IO3/c1-12-9(13-2)6-7-4-5-8(11)10(7)14-3/h7-10H,4-6H2,1-3H3. The summed E-state index contributed by atoms with van der Waals surface area (Å²) >= 11 is 2.47. The van der Waals surface area contributed by atoms with Gasteiger partial charge < -0.3 is 14.2 Å². The second-order valence-corrected chi connectivity index (χ2v) is 5.29. The fraction of sp³-hybridized carbons (Fsp3) is 1.00. The summed E-state index contributed by atoms with van der Waals surface area (Å²) in [4.78, 5) is 0. The zero-order valence-electron chi connectivity index (χ0n) is 9.03. The Balaban J connectivity index is 2.43. The monoisotopic (exact) mass is 314 g/mol. The molecule has 1 aliphatic carbocycles. The number of hydrogen-bond donors (Lipinski definition) is 0. The van der Waals surface area contributed by atoms with E-state index in [2.05, 4.69) is 22.6 Å². The highest BCUT2D eigenvalue weighted by Gasteiger charge is 2.35. The molecular weight excluding hydrogens is 295 g/mol. The minimum Gasteiger partial charge on any atom is -0.380 e. The van der Waals surface area contributed by atoms with Crippen molar-refractivity contribution in [2.75, 3.05) is 21.3 Å². The van der Waals surface area contributed by atoms with E-state index in [0.717, 1.165) is 6.42 Å². The van der Waals surface area contributed by atoms with E-state index in [4.69, 9.17) is 14.2 Å². The molecule has 0 N–H and O–H groups in total. The fourth-order valence-corrected chi connectivity index (χ4v) is 3.37. The first-order valence-corrected chi connectivity index (χ1v) is 6.20. The Bertz CT molecular complexity index is 161. The first kappa shape index (κ1) is 12.7. The summed E-state index contributed by atoms with van der Waals surface area (Å²) in [5, 5.41) is 0. The second-order valence-electron chi connectivity index (χ2n) is 3.69. The topological polar surface area (TPSA) is 27.7 Å². The van der Waals surface area contributed by atoms with E-state index in [-0.39, 0.29) is 6.29 Å². The molecule has 0 saturated heterocycles. The van der Waals surface area contributed by atoms with Crippen LogP contribution in [0.2, 0.25) is 0 Å². The molecule has 0 aromatic rings. The summed E-state index contributed by atoms with van der Waals surface area (Å²) in [7, 11) is 5.17. The third-order valence-electron chi connectivity index (χ3n) is 2.93. The van der Waals surface area contributed by atoms with E-state index < -0.39 is 0 Å². The molecule has 14 heavy (non-hydrogen) atoms. The predicted octanol–water partition coefficient (Wildman–Crippen LogP) is 2.22. The maximum absolute atomic E-state index is 5.51. The van der Waals surface area contributed by atoms with Gasteiger partial charge in [0.25, 0.3) is 0 Å². The summed E-state index contributed by atoms with van der Waals surface area (Å²) in [5.41, 5.74) is 0. The Morgan fingerprint density at radius 3 is 2.36 bits per heavy atom. The maximum Gasteiger partial charge on any atom is 0.157 e. The molecule has 1 saturated carbocycles. The summed E-state index contributed by atoms with van der Waals surface area (Å²) in [6, 6.07) is 0. The molecule has 4 heteroatoms. The van der Waals surface area contributed by atoms with E-state index >= 15 is 0 Å². The Labute approximate surface area is 99.6 Å². The lowest BCUT2D eigenvalue weighted by molar-refractivity contribution is -0.120. The molecule has 1 rings (SSSR count). The third kappa shape index (κ3) is 3.05. The van der Waals surface area contributed by atoms with Gasteiger partial charge in [-0.05, 0) is 18.8 Å². The molecule has 0 aliphatic heterocycles. The van der Waals surface area contributed by atoms with Crippen LogP contribution in [0.25, 0.3) is 0 Å². The highest BCUT2D eigenvalue weighted by Crippen LogP contribution is 2.36. The van der Waals surface area contributed by atoms with Crippen LogP contribution in [0.5, 0.6) is 0 Å². The Kier molecular flexibility index (Phi) is 5.66. The van der Waals surface area contributed by atoms with Crippen LogP contribution < -0.4 is 0 Å². The smallest absolute Gasteiger partial charge is 0.157 e. The summed E-state index contributed by atoms with van der Waals surface area (Å²) < 4.78 is 16.6. The van der Waals surface area contributed by atoms with Crippen LogP contribution in [0, 0.1) is 5.92 Å². The van der Waals surface area contributed by atoms with E-state index in [1.165, 1.54) is 12.8 Å². The lowest BCUT2D eigenvalue weighted by Crippen LogP contribution is -2.28. The van der Waals surface area contributed by atoms with E-state index in [9.17, 15) is 0 Å². The van der Waals surface area contributed by atoms with Crippen molar-refractivity contribution in [3.8, 4) is 0 Å². The third-order valence-corrected chi connectivity index (χ3v) is 4.26. The molecule has 84 valence electrons. The molecule has 0 heterocycles. The van der Waals surface area contributed by atoms with Crippen LogP contribution in [0.15, 0.2) is 0 Å². The number of ether oxygens (including phenoxy) is 3. The van der Waals surface area contributed by atoms with Gasteiger partial charge >= 0.3 is 0 Å². The molecule has 3 nitrogen and oxygen atoms in total. The van der Waals surface area contributed by atoms with Gasteiger partial charge in [0.15, 0.2) is 6.29 Å².